The molecule has 0 radical (unpaired) electrons. The number of carbonyl (C=O) groups excluding carboxylic acids is 1. The van der Waals surface area contributed by atoms with Gasteiger partial charge in [0.1, 0.15) is 0 Å². The molecule has 68 valence electrons. The predicted molar refractivity (Wildman–Crippen MR) is 50.0 cm³/mol. The van der Waals surface area contributed by atoms with E-state index in [9.17, 15) is 4.79 Å². The van der Waals surface area contributed by atoms with Gasteiger partial charge in [0.15, 0.2) is 0 Å². The largest absolute Gasteiger partial charge is 0.870 e. The molecule has 1 amide bonds. The van der Waals surface area contributed by atoms with E-state index >= 15 is 0 Å². The van der Waals surface area contributed by atoms with Crippen molar-refractivity contribution in [1.82, 2.24) is 0 Å². The van der Waals surface area contributed by atoms with Crippen LogP contribution in [0.4, 0.5) is 5.69 Å². The van der Waals surface area contributed by atoms with Crippen molar-refractivity contribution in [3.8, 4) is 0 Å². The van der Waals surface area contributed by atoms with Crippen LogP contribution in [0.25, 0.3) is 0 Å². The van der Waals surface area contributed by atoms with Crippen LogP contribution < -0.4 is 10.8 Å². The Balaban J connectivity index is 0. The van der Waals surface area contributed by atoms with Gasteiger partial charge in [0, 0.05) is 0 Å². The minimum absolute atomic E-state index is 0. The first-order chi connectivity index (χ1) is 5.18. The van der Waals surface area contributed by atoms with Crippen molar-refractivity contribution in [3.05, 3.63) is 24.3 Å². The van der Waals surface area contributed by atoms with Gasteiger partial charge in [0.25, 0.3) is 0 Å². The molecule has 13 heavy (non-hydrogen) atoms. The monoisotopic (exact) mass is 179 g/mol. The second-order valence-electron chi connectivity index (χ2n) is 2.30. The average molecular weight is 179 g/mol. The van der Waals surface area contributed by atoms with Crippen molar-refractivity contribution < 1.29 is 15.7 Å². The van der Waals surface area contributed by atoms with Crippen molar-refractivity contribution in [2.75, 3.05) is 5.32 Å². The molecule has 0 unspecified atom stereocenters. The van der Waals surface area contributed by atoms with Crippen LogP contribution in [0.5, 0.6) is 0 Å². The summed E-state index contributed by atoms with van der Waals surface area (Å²) in [5, 5.41) is 2.64. The molecule has 0 aromatic heterocycles. The summed E-state index contributed by atoms with van der Waals surface area (Å²) < 4.78 is 0. The summed E-state index contributed by atoms with van der Waals surface area (Å²) in [6.45, 7) is 1.47. The molecule has 0 saturated heterocycles. The third-order valence-electron chi connectivity index (χ3n) is 1.23. The molecule has 0 atom stereocenters. The third-order valence-corrected chi connectivity index (χ3v) is 1.23. The summed E-state index contributed by atoms with van der Waals surface area (Å²) in [6.07, 6.45) is 0. The molecule has 0 aliphatic carbocycles. The average Bonchev–Trinajstić information content (AvgIpc) is 1.93. The maximum Gasteiger partial charge on any atom is -0.870 e. The van der Waals surface area contributed by atoms with Gasteiger partial charge in [-0.15, -0.1) is 0 Å². The third kappa shape index (κ3) is 5.00. The number of benzene rings is 1. The first-order valence-corrected chi connectivity index (χ1v) is 3.31. The zero-order valence-corrected chi connectivity index (χ0v) is 7.19. The fourth-order valence-electron chi connectivity index (χ4n) is 0.770. The van der Waals surface area contributed by atoms with E-state index in [1.807, 2.05) is 0 Å². The molecule has 0 spiro atoms. The summed E-state index contributed by atoms with van der Waals surface area (Å²) in [7, 11) is 5.44. The van der Waals surface area contributed by atoms with Crippen LogP contribution >= 0.6 is 0 Å². The smallest absolute Gasteiger partial charge is 0.870 e. The standard InChI is InChI=1S/C8H8BNO.2H2O/c1-6(11)10-8-4-2-7(9)3-5-8;;/h2-5H,1H3,(H,10,11);2*1H2/q+2;;/p-2. The van der Waals surface area contributed by atoms with E-state index in [2.05, 4.69) is 5.32 Å². The van der Waals surface area contributed by atoms with E-state index in [0.717, 1.165) is 5.69 Å². The van der Waals surface area contributed by atoms with E-state index in [0.29, 0.717) is 5.46 Å². The summed E-state index contributed by atoms with van der Waals surface area (Å²) in [4.78, 5) is 10.6. The molecule has 1 rings (SSSR count). The molecule has 5 heteroatoms. The van der Waals surface area contributed by atoms with Gasteiger partial charge in [0.2, 0.25) is 0 Å². The molecule has 1 aromatic carbocycles. The second kappa shape index (κ2) is 6.22. The predicted octanol–water partition coefficient (Wildman–Crippen LogP) is 0.0852. The van der Waals surface area contributed by atoms with Crippen LogP contribution in [-0.4, -0.2) is 24.7 Å². The van der Waals surface area contributed by atoms with E-state index in [1.165, 1.54) is 6.92 Å². The quantitative estimate of drug-likeness (QED) is 0.619. The Morgan fingerprint density at radius 2 is 1.69 bits per heavy atom. The number of carbonyl (C=O) groups is 1. The van der Waals surface area contributed by atoms with Crippen LogP contribution in [0, 0.1) is 0 Å². The van der Waals surface area contributed by atoms with Gasteiger partial charge in [-0.1, -0.05) is 0 Å². The Kier molecular flexibility index (Phi) is 6.80. The van der Waals surface area contributed by atoms with E-state index in [-0.39, 0.29) is 16.9 Å². The zero-order valence-electron chi connectivity index (χ0n) is 7.19. The molecule has 0 fully saturated rings. The van der Waals surface area contributed by atoms with E-state index in [1.54, 1.807) is 24.3 Å². The summed E-state index contributed by atoms with van der Waals surface area (Å²) in [5.74, 6) is -0.0743. The number of amides is 1. The Bertz CT molecular complexity index is 261. The maximum absolute atomic E-state index is 10.6. The summed E-state index contributed by atoms with van der Waals surface area (Å²) in [6, 6.07) is 7.00. The van der Waals surface area contributed by atoms with Gasteiger partial charge in [-0.05, 0) is 0 Å². The molecule has 0 saturated carbocycles. The van der Waals surface area contributed by atoms with Crippen molar-refractivity contribution in [2.45, 2.75) is 6.92 Å². The molecule has 0 aliphatic rings. The van der Waals surface area contributed by atoms with Crippen molar-refractivity contribution >= 4 is 24.9 Å². The topological polar surface area (TPSA) is 89.1 Å². The first-order valence-electron chi connectivity index (χ1n) is 3.31. The fourth-order valence-corrected chi connectivity index (χ4v) is 0.770. The van der Waals surface area contributed by atoms with Crippen molar-refractivity contribution in [2.24, 2.45) is 0 Å². The van der Waals surface area contributed by atoms with Crippen LogP contribution in [0.2, 0.25) is 0 Å². The molecule has 1 aromatic rings. The van der Waals surface area contributed by atoms with Crippen LogP contribution in [0.15, 0.2) is 24.3 Å². The van der Waals surface area contributed by atoms with Gasteiger partial charge in [-0.3, -0.25) is 0 Å². The Morgan fingerprint density at radius 3 is 2.08 bits per heavy atom. The van der Waals surface area contributed by atoms with Gasteiger partial charge < -0.3 is 11.0 Å². The summed E-state index contributed by atoms with van der Waals surface area (Å²) >= 11 is 0. The Labute approximate surface area is 78.0 Å². The number of nitrogens with one attached hydrogen (secondary N) is 1. The number of hydrogen-bond donors (Lipinski definition) is 1. The molecular weight excluding hydrogens is 169 g/mol. The minimum Gasteiger partial charge on any atom is -0.870 e. The first kappa shape index (κ1) is 14.2. The zero-order chi connectivity index (χ0) is 8.27. The molecular formula is C8H10BNO3. The van der Waals surface area contributed by atoms with Crippen molar-refractivity contribution in [3.63, 3.8) is 0 Å². The van der Waals surface area contributed by atoms with Gasteiger partial charge in [0.05, 0.1) is 0 Å². The number of anilines is 1. The molecule has 0 heterocycles. The second-order valence-corrected chi connectivity index (χ2v) is 2.30. The Hall–Kier alpha value is -1.33. The van der Waals surface area contributed by atoms with Crippen LogP contribution in [0.3, 0.4) is 0 Å². The van der Waals surface area contributed by atoms with E-state index < -0.39 is 0 Å². The number of rotatable bonds is 1. The van der Waals surface area contributed by atoms with Crippen LogP contribution in [-0.2, 0) is 4.79 Å². The summed E-state index contributed by atoms with van der Waals surface area (Å²) in [5.41, 5.74) is 1.46. The van der Waals surface area contributed by atoms with Gasteiger partial charge >= 0.3 is 66.2 Å². The van der Waals surface area contributed by atoms with Gasteiger partial charge in [-0.2, -0.15) is 0 Å². The maximum atomic E-state index is 10.6. The van der Waals surface area contributed by atoms with E-state index in [4.69, 9.17) is 7.85 Å². The Morgan fingerprint density at radius 1 is 1.23 bits per heavy atom. The molecule has 4 nitrogen and oxygen atoms in total. The minimum atomic E-state index is -0.0743. The molecule has 0 aliphatic heterocycles. The molecule has 0 bridgehead atoms. The van der Waals surface area contributed by atoms with Crippen LogP contribution in [0.1, 0.15) is 6.92 Å². The molecule has 3 N–H and O–H groups in total. The fraction of sp³-hybridized carbons (Fsp3) is 0.125. The van der Waals surface area contributed by atoms with Crippen molar-refractivity contribution in [1.29, 1.82) is 0 Å². The van der Waals surface area contributed by atoms with Gasteiger partial charge in [-0.25, -0.2) is 0 Å². The number of hydrogen-bond acceptors (Lipinski definition) is 3. The SMILES string of the molecule is [B+2]c1ccc(NC(C)=O)cc1.[OH-].[OH-]. The normalized spacial score (nSPS) is 7.92.